The highest BCUT2D eigenvalue weighted by Gasteiger charge is 2.55. The number of nitrogens with two attached hydrogens (primary N) is 1. The molecule has 3 amide bonds. The molecule has 1 aromatic heterocycles. The molecule has 7 N–H and O–H groups in total. The van der Waals surface area contributed by atoms with Gasteiger partial charge in [0.1, 0.15) is 39.7 Å². The van der Waals surface area contributed by atoms with Crippen molar-refractivity contribution in [2.45, 2.75) is 107 Å². The van der Waals surface area contributed by atoms with E-state index in [1.54, 1.807) is 5.38 Å². The molecule has 0 radical (unpaired) electrons. The molecular formula is C47H56N6O16S. The number of aromatic nitrogens is 1. The summed E-state index contributed by atoms with van der Waals surface area (Å²) in [6, 6.07) is 4.27. The fourth-order valence-electron chi connectivity index (χ4n) is 9.79. The van der Waals surface area contributed by atoms with Crippen molar-refractivity contribution >= 4 is 52.2 Å². The predicted octanol–water partition coefficient (Wildman–Crippen LogP) is 0.611. The van der Waals surface area contributed by atoms with Crippen molar-refractivity contribution in [3.05, 3.63) is 67.7 Å². The lowest BCUT2D eigenvalue weighted by atomic mass is 9.72. The van der Waals surface area contributed by atoms with Crippen LogP contribution < -0.4 is 21.1 Å². The number of aliphatic hydroxyl groups is 1. The van der Waals surface area contributed by atoms with Gasteiger partial charge in [-0.25, -0.2) is 4.98 Å². The van der Waals surface area contributed by atoms with E-state index < -0.39 is 101 Å². The molecule has 0 saturated carbocycles. The van der Waals surface area contributed by atoms with Crippen LogP contribution in [0.3, 0.4) is 0 Å². The van der Waals surface area contributed by atoms with E-state index in [-0.39, 0.29) is 116 Å². The van der Waals surface area contributed by atoms with Crippen LogP contribution in [0.25, 0.3) is 0 Å². The molecule has 5 aliphatic rings. The molecule has 0 spiro atoms. The number of aromatic hydroxyl groups is 2. The van der Waals surface area contributed by atoms with Gasteiger partial charge in [-0.1, -0.05) is 12.1 Å². The summed E-state index contributed by atoms with van der Waals surface area (Å²) < 4.78 is 36.3. The van der Waals surface area contributed by atoms with E-state index in [2.05, 4.69) is 15.5 Å². The van der Waals surface area contributed by atoms with Gasteiger partial charge in [0.15, 0.2) is 30.4 Å². The van der Waals surface area contributed by atoms with E-state index in [0.717, 1.165) is 11.3 Å². The third kappa shape index (κ3) is 9.94. The van der Waals surface area contributed by atoms with Crippen molar-refractivity contribution < 1.29 is 77.3 Å². The molecule has 70 heavy (non-hydrogen) atoms. The van der Waals surface area contributed by atoms with Crippen LogP contribution in [0.4, 0.5) is 0 Å². The Hall–Kier alpha value is -5.76. The summed E-state index contributed by atoms with van der Waals surface area (Å²) in [5.41, 5.74) is 2.46. The van der Waals surface area contributed by atoms with Crippen molar-refractivity contribution in [2.75, 3.05) is 54.1 Å². The predicted molar refractivity (Wildman–Crippen MR) is 243 cm³/mol. The van der Waals surface area contributed by atoms with Crippen LogP contribution in [0.5, 0.6) is 17.2 Å². The van der Waals surface area contributed by atoms with Gasteiger partial charge >= 0.3 is 0 Å². The number of hydrogen-bond donors (Lipinski definition) is 6. The number of carbonyl (C=O) groups is 7. The van der Waals surface area contributed by atoms with Crippen molar-refractivity contribution in [2.24, 2.45) is 5.73 Å². The highest BCUT2D eigenvalue weighted by Crippen LogP contribution is 2.54. The second kappa shape index (κ2) is 20.9. The minimum Gasteiger partial charge on any atom is -0.507 e. The van der Waals surface area contributed by atoms with Crippen molar-refractivity contribution in [1.82, 2.24) is 25.4 Å². The second-order valence-electron chi connectivity index (χ2n) is 17.9. The maximum atomic E-state index is 14.3. The Balaban J connectivity index is 0.990. The minimum absolute atomic E-state index is 0.00285. The number of nitrogens with one attached hydrogen (secondary N) is 2. The zero-order valence-corrected chi connectivity index (χ0v) is 39.8. The Bertz CT molecular complexity index is 2590. The number of ketones is 4. The number of thiazole rings is 1. The molecule has 22 nitrogen and oxygen atoms in total. The number of ether oxygens (including phenoxy) is 6. The first-order valence-corrected chi connectivity index (χ1v) is 23.8. The Labute approximate surface area is 405 Å². The molecule has 23 heteroatoms. The standard InChI is InChI=1S/C47H56N6O16S/c1-22-44-27(53-12-13-66-46(65-4)45(53)69-44)14-35(67-22)68-29-16-47(63,15-26-37(29)43(62)39-38(41(26)60)40(59)25-6-5-7-28(64-3)36(25)42(39)61)30-21-70-33(51-30)20-52(2)34(58)19-50-32(57)11-9-24(55)18-49-31(56)10-8-23(54)17-48/h5-7,21-22,27,29,35,44-46,60,62-63H,8-20,48H2,1-4H3,(H,49,56)(H,50,57)/t22-,27-,29-,35-,44+,45+,46-,47-/m0/s1. The van der Waals surface area contributed by atoms with Gasteiger partial charge in [-0.05, 0) is 13.0 Å². The number of benzene rings is 2. The number of phenolic OH excluding ortho intramolecular Hbond substituents is 2. The van der Waals surface area contributed by atoms with Crippen molar-refractivity contribution in [1.29, 1.82) is 0 Å². The van der Waals surface area contributed by atoms with E-state index >= 15 is 0 Å². The maximum Gasteiger partial charge on any atom is 0.242 e. The summed E-state index contributed by atoms with van der Waals surface area (Å²) in [5, 5.41) is 43.9. The normalized spacial score (nSPS) is 25.7. The van der Waals surface area contributed by atoms with Gasteiger partial charge in [-0.2, -0.15) is 0 Å². The molecule has 3 fully saturated rings. The van der Waals surface area contributed by atoms with E-state index in [4.69, 9.17) is 39.1 Å². The second-order valence-corrected chi connectivity index (χ2v) is 18.8. The number of hydrogen-bond acceptors (Lipinski definition) is 20. The van der Waals surface area contributed by atoms with Crippen LogP contribution in [0.15, 0.2) is 23.6 Å². The molecule has 8 rings (SSSR count). The number of morpholine rings is 1. The molecule has 8 atom stereocenters. The van der Waals surface area contributed by atoms with E-state index in [1.165, 1.54) is 44.4 Å². The number of methoxy groups -OCH3 is 2. The molecule has 3 aliphatic heterocycles. The van der Waals surface area contributed by atoms with Crippen LogP contribution in [0.2, 0.25) is 0 Å². The first-order valence-electron chi connectivity index (χ1n) is 22.9. The molecule has 2 aromatic carbocycles. The van der Waals surface area contributed by atoms with Crippen molar-refractivity contribution in [3.63, 3.8) is 0 Å². The summed E-state index contributed by atoms with van der Waals surface area (Å²) in [6.07, 6.45) is -5.10. The SMILES string of the molecule is COc1cccc2c1C(=O)c1c(O)c3c(c(O)c1C2=O)C[C@@](O)(c1csc(CN(C)C(=O)CNC(=O)CCC(=O)CNC(=O)CCC(=O)CN)n1)C[C@@H]3O[C@H]1C[C@H]2[C@H](O[C@@H]3[C@@H](OC)OCCN32)[C@H](C)O1. The highest BCUT2D eigenvalue weighted by atomic mass is 32.1. The zero-order chi connectivity index (χ0) is 50.2. The number of nitrogens with zero attached hydrogens (tertiary/aromatic N) is 3. The van der Waals surface area contributed by atoms with Crippen LogP contribution in [0, 0.1) is 0 Å². The number of rotatable bonds is 18. The topological polar surface area (TPSA) is 305 Å². The number of fused-ring (bicyclic) bond motifs is 6. The average molecular weight is 993 g/mol. The quantitative estimate of drug-likeness (QED) is 0.0744. The summed E-state index contributed by atoms with van der Waals surface area (Å²) >= 11 is 1.13. The number of likely N-dealkylation sites (N-methyl/N-ethyl adjacent to an activating group) is 1. The van der Waals surface area contributed by atoms with Crippen LogP contribution in [-0.2, 0) is 66.2 Å². The van der Waals surface area contributed by atoms with E-state index in [9.17, 15) is 48.9 Å². The largest absolute Gasteiger partial charge is 0.507 e. The smallest absolute Gasteiger partial charge is 0.242 e. The summed E-state index contributed by atoms with van der Waals surface area (Å²) in [4.78, 5) is 97.6. The summed E-state index contributed by atoms with van der Waals surface area (Å²) in [5.74, 6) is -4.84. The number of amides is 3. The molecule has 0 unspecified atom stereocenters. The maximum absolute atomic E-state index is 14.3. The first-order chi connectivity index (χ1) is 33.5. The third-order valence-electron chi connectivity index (χ3n) is 13.4. The lowest BCUT2D eigenvalue weighted by Crippen LogP contribution is -2.55. The molecule has 376 valence electrons. The molecule has 3 saturated heterocycles. The average Bonchev–Trinajstić information content (AvgIpc) is 3.99. The molecule has 3 aromatic rings. The Kier molecular flexibility index (Phi) is 15.1. The van der Waals surface area contributed by atoms with Crippen LogP contribution in [-0.4, -0.2) is 162 Å². The fourth-order valence-corrected chi connectivity index (χ4v) is 10.7. The van der Waals surface area contributed by atoms with Gasteiger partial charge in [0.2, 0.25) is 23.5 Å². The number of phenols is 2. The number of Topliss-reactive ketones (excluding diaryl/α,β-unsaturated/α-hetero) is 2. The van der Waals surface area contributed by atoms with Gasteiger partial charge in [-0.3, -0.25) is 38.5 Å². The lowest BCUT2D eigenvalue weighted by Gasteiger charge is -2.43. The van der Waals surface area contributed by atoms with Gasteiger partial charge in [0.05, 0.1) is 74.5 Å². The first kappa shape index (κ1) is 50.6. The molecule has 4 heterocycles. The van der Waals surface area contributed by atoms with Crippen molar-refractivity contribution in [3.8, 4) is 17.2 Å². The fraction of sp³-hybridized carbons (Fsp3) is 0.532. The zero-order valence-electron chi connectivity index (χ0n) is 39.0. The van der Waals surface area contributed by atoms with Gasteiger partial charge in [0, 0.05) is 93.8 Å². The Morgan fingerprint density at radius 3 is 2.40 bits per heavy atom. The monoisotopic (exact) mass is 992 g/mol. The lowest BCUT2D eigenvalue weighted by molar-refractivity contribution is -0.256. The Morgan fingerprint density at radius 1 is 0.971 bits per heavy atom. The van der Waals surface area contributed by atoms with Crippen LogP contribution >= 0.6 is 11.3 Å². The Morgan fingerprint density at radius 2 is 1.69 bits per heavy atom. The van der Waals surface area contributed by atoms with E-state index in [1.807, 2.05) is 6.92 Å². The summed E-state index contributed by atoms with van der Waals surface area (Å²) in [7, 11) is 4.38. The molecular weight excluding hydrogens is 937 g/mol. The molecule has 2 aliphatic carbocycles. The van der Waals surface area contributed by atoms with E-state index in [0.29, 0.717) is 18.2 Å². The van der Waals surface area contributed by atoms with Crippen LogP contribution in [0.1, 0.15) is 105 Å². The third-order valence-corrected chi connectivity index (χ3v) is 14.2. The molecule has 0 bridgehead atoms. The summed E-state index contributed by atoms with van der Waals surface area (Å²) in [6.45, 7) is 1.86. The minimum atomic E-state index is -1.91. The highest BCUT2D eigenvalue weighted by molar-refractivity contribution is 7.09. The number of carbonyl (C=O) groups excluding carboxylic acids is 7. The van der Waals surface area contributed by atoms with Gasteiger partial charge in [-0.15, -0.1) is 11.3 Å². The van der Waals surface area contributed by atoms with Gasteiger partial charge < -0.3 is 65.0 Å². The van der Waals surface area contributed by atoms with Gasteiger partial charge in [0.25, 0.3) is 0 Å².